The quantitative estimate of drug-likeness (QED) is 0.793. The molecule has 1 unspecified atom stereocenters. The van der Waals surface area contributed by atoms with E-state index in [1.165, 1.54) is 14.2 Å². The molecule has 0 aromatic heterocycles. The summed E-state index contributed by atoms with van der Waals surface area (Å²) in [6.07, 6.45) is 0.684. The van der Waals surface area contributed by atoms with E-state index in [9.17, 15) is 13.2 Å². The summed E-state index contributed by atoms with van der Waals surface area (Å²) in [6, 6.07) is 6.97. The molecule has 1 fully saturated rings. The van der Waals surface area contributed by atoms with Gasteiger partial charge in [-0.05, 0) is 17.5 Å². The third-order valence-corrected chi connectivity index (χ3v) is 6.13. The molecule has 0 radical (unpaired) electrons. The summed E-state index contributed by atoms with van der Waals surface area (Å²) in [7, 11) is -3.63. The van der Waals surface area contributed by atoms with Gasteiger partial charge in [0.15, 0.2) is 0 Å². The molecule has 0 saturated carbocycles. The predicted octanol–water partition coefficient (Wildman–Crippen LogP) is -0.352. The van der Waals surface area contributed by atoms with Crippen molar-refractivity contribution in [2.24, 2.45) is 0 Å². The standard InChI is InChI=1S/C14H19N3O4S/c18-14(19)13-10-17(8-6-15-13)22(20,21)16-7-5-11-3-1-2-4-12(11)9-16/h1-4,13,15H,5-10H2,(H,18,19). The van der Waals surface area contributed by atoms with Crippen molar-refractivity contribution >= 4 is 16.2 Å². The Morgan fingerprint density at radius 3 is 2.64 bits per heavy atom. The summed E-state index contributed by atoms with van der Waals surface area (Å²) in [4.78, 5) is 11.1. The van der Waals surface area contributed by atoms with Gasteiger partial charge in [0.2, 0.25) is 0 Å². The lowest BCUT2D eigenvalue weighted by Gasteiger charge is -2.36. The number of rotatable bonds is 3. The maximum atomic E-state index is 12.7. The Kier molecular flexibility index (Phi) is 4.18. The molecule has 0 aliphatic carbocycles. The van der Waals surface area contributed by atoms with Crippen LogP contribution in [0.3, 0.4) is 0 Å². The van der Waals surface area contributed by atoms with Crippen LogP contribution in [0.15, 0.2) is 24.3 Å². The fourth-order valence-corrected chi connectivity index (χ4v) is 4.54. The molecule has 0 spiro atoms. The molecule has 22 heavy (non-hydrogen) atoms. The molecule has 1 aromatic rings. The average molecular weight is 325 g/mol. The van der Waals surface area contributed by atoms with Crippen molar-refractivity contribution in [2.45, 2.75) is 19.0 Å². The molecule has 1 saturated heterocycles. The zero-order chi connectivity index (χ0) is 15.7. The summed E-state index contributed by atoms with van der Waals surface area (Å²) in [6.45, 7) is 1.39. The molecule has 2 aliphatic heterocycles. The van der Waals surface area contributed by atoms with Crippen molar-refractivity contribution in [1.29, 1.82) is 0 Å². The van der Waals surface area contributed by atoms with Crippen molar-refractivity contribution in [3.8, 4) is 0 Å². The fraction of sp³-hybridized carbons (Fsp3) is 0.500. The number of carboxylic acid groups (broad SMARTS) is 1. The number of nitrogens with one attached hydrogen (secondary N) is 1. The van der Waals surface area contributed by atoms with E-state index in [4.69, 9.17) is 5.11 Å². The summed E-state index contributed by atoms with van der Waals surface area (Å²) in [5.41, 5.74) is 2.19. The van der Waals surface area contributed by atoms with Gasteiger partial charge in [0.25, 0.3) is 10.2 Å². The molecule has 3 rings (SSSR count). The minimum atomic E-state index is -3.63. The van der Waals surface area contributed by atoms with Crippen LogP contribution < -0.4 is 5.32 Å². The van der Waals surface area contributed by atoms with Gasteiger partial charge in [-0.2, -0.15) is 17.0 Å². The molecule has 8 heteroatoms. The maximum Gasteiger partial charge on any atom is 0.322 e. The number of benzene rings is 1. The van der Waals surface area contributed by atoms with Crippen molar-refractivity contribution in [1.82, 2.24) is 13.9 Å². The van der Waals surface area contributed by atoms with Crippen LogP contribution in [0.1, 0.15) is 11.1 Å². The minimum Gasteiger partial charge on any atom is -0.480 e. The van der Waals surface area contributed by atoms with Crippen LogP contribution in [0, 0.1) is 0 Å². The highest BCUT2D eigenvalue weighted by Gasteiger charge is 2.36. The molecule has 2 aliphatic rings. The number of aliphatic carboxylic acids is 1. The van der Waals surface area contributed by atoms with Crippen LogP contribution in [0.2, 0.25) is 0 Å². The Morgan fingerprint density at radius 1 is 1.18 bits per heavy atom. The summed E-state index contributed by atoms with van der Waals surface area (Å²) in [5, 5.41) is 11.9. The highest BCUT2D eigenvalue weighted by molar-refractivity contribution is 7.86. The third kappa shape index (κ3) is 2.87. The van der Waals surface area contributed by atoms with E-state index in [1.54, 1.807) is 0 Å². The maximum absolute atomic E-state index is 12.7. The average Bonchev–Trinajstić information content (AvgIpc) is 2.54. The van der Waals surface area contributed by atoms with E-state index in [1.807, 2.05) is 24.3 Å². The van der Waals surface area contributed by atoms with E-state index in [0.29, 0.717) is 32.6 Å². The highest BCUT2D eigenvalue weighted by Crippen LogP contribution is 2.23. The summed E-state index contributed by atoms with van der Waals surface area (Å²) < 4.78 is 28.2. The Balaban J connectivity index is 1.78. The molecular weight excluding hydrogens is 306 g/mol. The van der Waals surface area contributed by atoms with E-state index in [-0.39, 0.29) is 6.54 Å². The second-order valence-electron chi connectivity index (χ2n) is 5.56. The molecule has 2 N–H and O–H groups in total. The van der Waals surface area contributed by atoms with E-state index >= 15 is 0 Å². The zero-order valence-electron chi connectivity index (χ0n) is 12.1. The van der Waals surface area contributed by atoms with Gasteiger partial charge in [0.1, 0.15) is 6.04 Å². The lowest BCUT2D eigenvalue weighted by molar-refractivity contribution is -0.140. The van der Waals surface area contributed by atoms with Crippen LogP contribution in [0.5, 0.6) is 0 Å². The van der Waals surface area contributed by atoms with E-state index in [2.05, 4.69) is 5.32 Å². The number of carboxylic acids is 1. The van der Waals surface area contributed by atoms with Gasteiger partial charge in [0, 0.05) is 32.7 Å². The second-order valence-corrected chi connectivity index (χ2v) is 7.49. The van der Waals surface area contributed by atoms with Crippen molar-refractivity contribution in [2.75, 3.05) is 26.2 Å². The van der Waals surface area contributed by atoms with Crippen LogP contribution >= 0.6 is 0 Å². The molecule has 1 atom stereocenters. The van der Waals surface area contributed by atoms with Gasteiger partial charge in [-0.15, -0.1) is 0 Å². The first-order chi connectivity index (χ1) is 10.5. The minimum absolute atomic E-state index is 0.0319. The monoisotopic (exact) mass is 325 g/mol. The smallest absolute Gasteiger partial charge is 0.322 e. The number of nitrogens with zero attached hydrogens (tertiary/aromatic N) is 2. The number of fused-ring (bicyclic) bond motifs is 1. The second kappa shape index (κ2) is 5.96. The molecule has 0 amide bonds. The van der Waals surface area contributed by atoms with Crippen LogP contribution in [0.25, 0.3) is 0 Å². The normalized spacial score (nSPS) is 23.9. The van der Waals surface area contributed by atoms with Gasteiger partial charge in [0.05, 0.1) is 0 Å². The third-order valence-electron chi connectivity index (χ3n) is 4.18. The molecule has 7 nitrogen and oxygen atoms in total. The first-order valence-corrected chi connectivity index (χ1v) is 8.66. The highest BCUT2D eigenvalue weighted by atomic mass is 32.2. The lowest BCUT2D eigenvalue weighted by atomic mass is 10.0. The molecule has 1 aromatic carbocycles. The molecule has 120 valence electrons. The fourth-order valence-electron chi connectivity index (χ4n) is 2.93. The topological polar surface area (TPSA) is 90.0 Å². The van der Waals surface area contributed by atoms with Crippen LogP contribution in [-0.4, -0.2) is 60.3 Å². The summed E-state index contributed by atoms with van der Waals surface area (Å²) >= 11 is 0. The SMILES string of the molecule is O=C(O)C1CN(S(=O)(=O)N2CCc3ccccc3C2)CCN1. The number of carbonyl (C=O) groups is 1. The Hall–Kier alpha value is -1.48. The van der Waals surface area contributed by atoms with Gasteiger partial charge in [-0.3, -0.25) is 4.79 Å². The molecule has 0 bridgehead atoms. The number of hydrogen-bond donors (Lipinski definition) is 2. The summed E-state index contributed by atoms with van der Waals surface area (Å²) in [5.74, 6) is -1.02. The van der Waals surface area contributed by atoms with E-state index in [0.717, 1.165) is 5.56 Å². The number of hydrogen-bond acceptors (Lipinski definition) is 4. The molecule has 2 heterocycles. The first kappa shape index (κ1) is 15.4. The number of piperazine rings is 1. The van der Waals surface area contributed by atoms with Crippen LogP contribution in [-0.2, 0) is 28.0 Å². The molecular formula is C14H19N3O4S. The van der Waals surface area contributed by atoms with Gasteiger partial charge >= 0.3 is 5.97 Å². The predicted molar refractivity (Wildman–Crippen MR) is 80.5 cm³/mol. The Labute approximate surface area is 129 Å². The lowest BCUT2D eigenvalue weighted by Crippen LogP contribution is -2.58. The van der Waals surface area contributed by atoms with Crippen molar-refractivity contribution in [3.05, 3.63) is 35.4 Å². The van der Waals surface area contributed by atoms with Crippen molar-refractivity contribution < 1.29 is 18.3 Å². The Morgan fingerprint density at radius 2 is 1.91 bits per heavy atom. The first-order valence-electron chi connectivity index (χ1n) is 7.26. The Bertz CT molecular complexity index is 676. The van der Waals surface area contributed by atoms with Gasteiger partial charge in [-0.25, -0.2) is 0 Å². The van der Waals surface area contributed by atoms with Crippen molar-refractivity contribution in [3.63, 3.8) is 0 Å². The largest absolute Gasteiger partial charge is 0.480 e. The van der Waals surface area contributed by atoms with Gasteiger partial charge < -0.3 is 10.4 Å². The van der Waals surface area contributed by atoms with Gasteiger partial charge in [-0.1, -0.05) is 24.3 Å². The zero-order valence-corrected chi connectivity index (χ0v) is 12.9. The van der Waals surface area contributed by atoms with E-state index < -0.39 is 22.2 Å². The van der Waals surface area contributed by atoms with Crippen LogP contribution in [0.4, 0.5) is 0 Å².